The summed E-state index contributed by atoms with van der Waals surface area (Å²) in [5.74, 6) is 1.51. The lowest BCUT2D eigenvalue weighted by atomic mass is 9.95. The molecule has 1 aliphatic rings. The summed E-state index contributed by atoms with van der Waals surface area (Å²) in [7, 11) is 0. The Balaban J connectivity index is 1.54. The van der Waals surface area contributed by atoms with Crippen molar-refractivity contribution in [1.82, 2.24) is 4.90 Å². The molecule has 5 heteroatoms. The van der Waals surface area contributed by atoms with Gasteiger partial charge >= 0.3 is 0 Å². The van der Waals surface area contributed by atoms with Crippen LogP contribution < -0.4 is 4.74 Å². The van der Waals surface area contributed by atoms with Gasteiger partial charge in [-0.15, -0.1) is 0 Å². The van der Waals surface area contributed by atoms with Crippen LogP contribution in [0.3, 0.4) is 0 Å². The smallest absolute Gasteiger partial charge is 0.150 e. The van der Waals surface area contributed by atoms with Crippen molar-refractivity contribution in [2.45, 2.75) is 19.3 Å². The summed E-state index contributed by atoms with van der Waals surface area (Å²) in [5, 5.41) is 10.8. The lowest BCUT2D eigenvalue weighted by molar-refractivity contribution is 0.112. The van der Waals surface area contributed by atoms with Crippen LogP contribution in [0.1, 0.15) is 29.6 Å². The summed E-state index contributed by atoms with van der Waals surface area (Å²) in [6.07, 6.45) is 4.68. The van der Waals surface area contributed by atoms with E-state index < -0.39 is 0 Å². The lowest BCUT2D eigenvalue weighted by Crippen LogP contribution is -2.33. The first kappa shape index (κ1) is 21.3. The lowest BCUT2D eigenvalue weighted by Gasteiger charge is -2.26. The van der Waals surface area contributed by atoms with Gasteiger partial charge in [0.25, 0.3) is 0 Å². The van der Waals surface area contributed by atoms with Crippen LogP contribution >= 0.6 is 0 Å². The second kappa shape index (κ2) is 9.51. The van der Waals surface area contributed by atoms with Crippen molar-refractivity contribution in [2.24, 2.45) is 0 Å². The molecule has 1 saturated heterocycles. The molecule has 168 valence electrons. The van der Waals surface area contributed by atoms with Crippen LogP contribution in [0.5, 0.6) is 11.5 Å². The molecule has 33 heavy (non-hydrogen) atoms. The maximum atomic E-state index is 12.0. The summed E-state index contributed by atoms with van der Waals surface area (Å²) in [4.78, 5) is 14.4. The number of rotatable bonds is 7. The number of phenolic OH excluding ortho intramolecular Hbond substituents is 1. The topological polar surface area (TPSA) is 62.9 Å². The summed E-state index contributed by atoms with van der Waals surface area (Å²) >= 11 is 0. The fourth-order valence-electron chi connectivity index (χ4n) is 4.57. The van der Waals surface area contributed by atoms with Crippen molar-refractivity contribution >= 4 is 17.3 Å². The van der Waals surface area contributed by atoms with Crippen LogP contribution in [0.4, 0.5) is 0 Å². The molecule has 1 fully saturated rings. The molecular weight excluding hydrogens is 414 g/mol. The number of furan rings is 1. The van der Waals surface area contributed by atoms with E-state index in [1.54, 1.807) is 18.2 Å². The number of nitrogens with zero attached hydrogens (tertiary/aromatic N) is 1. The average Bonchev–Trinajstić information content (AvgIpc) is 3.23. The Hall–Kier alpha value is -3.57. The number of carbonyl (C=O) groups excluding carboxylic acids is 1. The Labute approximate surface area is 193 Å². The number of hydrogen-bond donors (Lipinski definition) is 1. The molecule has 3 aromatic carbocycles. The predicted octanol–water partition coefficient (Wildman–Crippen LogP) is 6.15. The van der Waals surface area contributed by atoms with Gasteiger partial charge in [-0.05, 0) is 56.3 Å². The zero-order chi connectivity index (χ0) is 22.6. The molecule has 0 saturated carbocycles. The van der Waals surface area contributed by atoms with Crippen LogP contribution in [-0.2, 0) is 0 Å². The van der Waals surface area contributed by atoms with Crippen molar-refractivity contribution in [3.63, 3.8) is 0 Å². The molecule has 0 aliphatic carbocycles. The quantitative estimate of drug-likeness (QED) is 0.349. The molecule has 1 aliphatic heterocycles. The number of piperidine rings is 1. The predicted molar refractivity (Wildman–Crippen MR) is 130 cm³/mol. The number of aldehydes is 1. The first-order chi connectivity index (χ1) is 16.2. The van der Waals surface area contributed by atoms with Crippen LogP contribution in [0.25, 0.3) is 33.4 Å². The highest BCUT2D eigenvalue weighted by molar-refractivity contribution is 6.05. The van der Waals surface area contributed by atoms with Crippen molar-refractivity contribution < 1.29 is 19.1 Å². The standard InChI is InChI=1S/C28H27NO4/c30-19-21-9-11-23(32-16-15-29-13-5-2-6-14-29)18-25(21)27-24-12-10-22(31)17-26(24)33-28(27)20-7-3-1-4-8-20/h1,3-4,7-12,17-19,31H,2,5-6,13-16H2. The third-order valence-corrected chi connectivity index (χ3v) is 6.26. The molecule has 0 atom stereocenters. The van der Waals surface area contributed by atoms with Crippen molar-refractivity contribution in [1.29, 1.82) is 0 Å². The molecule has 0 unspecified atom stereocenters. The zero-order valence-corrected chi connectivity index (χ0v) is 18.5. The molecule has 1 N–H and O–H groups in total. The van der Waals surface area contributed by atoms with Crippen molar-refractivity contribution in [2.75, 3.05) is 26.2 Å². The van der Waals surface area contributed by atoms with Crippen LogP contribution in [0.2, 0.25) is 0 Å². The molecule has 0 spiro atoms. The molecule has 2 heterocycles. The van der Waals surface area contributed by atoms with Gasteiger partial charge in [0.15, 0.2) is 6.29 Å². The van der Waals surface area contributed by atoms with E-state index in [4.69, 9.17) is 9.15 Å². The van der Waals surface area contributed by atoms with E-state index in [-0.39, 0.29) is 5.75 Å². The van der Waals surface area contributed by atoms with E-state index in [0.29, 0.717) is 23.5 Å². The van der Waals surface area contributed by atoms with E-state index in [1.165, 1.54) is 19.3 Å². The van der Waals surface area contributed by atoms with Gasteiger partial charge in [0.1, 0.15) is 29.4 Å². The van der Waals surface area contributed by atoms with E-state index in [2.05, 4.69) is 4.90 Å². The van der Waals surface area contributed by atoms with Crippen LogP contribution in [-0.4, -0.2) is 42.5 Å². The minimum atomic E-state index is 0.132. The first-order valence-electron chi connectivity index (χ1n) is 11.5. The van der Waals surface area contributed by atoms with E-state index in [9.17, 15) is 9.90 Å². The van der Waals surface area contributed by atoms with Crippen molar-refractivity contribution in [3.05, 3.63) is 72.3 Å². The first-order valence-corrected chi connectivity index (χ1v) is 11.5. The maximum absolute atomic E-state index is 12.0. The SMILES string of the molecule is O=Cc1ccc(OCCN2CCCCC2)cc1-c1c(-c2ccccc2)oc2cc(O)ccc12. The molecule has 0 amide bonds. The fraction of sp³-hybridized carbons (Fsp3) is 0.250. The third kappa shape index (κ3) is 4.50. The molecule has 0 radical (unpaired) electrons. The third-order valence-electron chi connectivity index (χ3n) is 6.26. The van der Waals surface area contributed by atoms with E-state index in [0.717, 1.165) is 53.7 Å². The number of ether oxygens (including phenoxy) is 1. The van der Waals surface area contributed by atoms with Crippen LogP contribution in [0, 0.1) is 0 Å². The second-order valence-electron chi connectivity index (χ2n) is 8.47. The Morgan fingerprint density at radius 1 is 0.970 bits per heavy atom. The minimum absolute atomic E-state index is 0.132. The normalized spacial score (nSPS) is 14.4. The molecule has 5 nitrogen and oxygen atoms in total. The average molecular weight is 442 g/mol. The Kier molecular flexibility index (Phi) is 6.13. The van der Waals surface area contributed by atoms with Gasteiger partial charge in [0.05, 0.1) is 0 Å². The zero-order valence-electron chi connectivity index (χ0n) is 18.5. The summed E-state index contributed by atoms with van der Waals surface area (Å²) in [6.45, 7) is 3.76. The number of benzene rings is 3. The van der Waals surface area contributed by atoms with Crippen molar-refractivity contribution in [3.8, 4) is 33.9 Å². The highest BCUT2D eigenvalue weighted by atomic mass is 16.5. The van der Waals surface area contributed by atoms with Gasteiger partial charge in [0, 0.05) is 40.3 Å². The van der Waals surface area contributed by atoms with Crippen LogP contribution in [0.15, 0.2) is 71.1 Å². The molecule has 0 bridgehead atoms. The van der Waals surface area contributed by atoms with Gasteiger partial charge < -0.3 is 14.3 Å². The molecular formula is C28H27NO4. The fourth-order valence-corrected chi connectivity index (χ4v) is 4.57. The van der Waals surface area contributed by atoms with Gasteiger partial charge in [-0.1, -0.05) is 36.8 Å². The minimum Gasteiger partial charge on any atom is -0.508 e. The monoisotopic (exact) mass is 441 g/mol. The largest absolute Gasteiger partial charge is 0.508 e. The molecule has 1 aromatic heterocycles. The summed E-state index contributed by atoms with van der Waals surface area (Å²) in [6, 6.07) is 20.4. The number of phenols is 1. The highest BCUT2D eigenvalue weighted by Crippen LogP contribution is 2.43. The Morgan fingerprint density at radius 3 is 2.58 bits per heavy atom. The summed E-state index contributed by atoms with van der Waals surface area (Å²) < 4.78 is 12.3. The molecule has 5 rings (SSSR count). The van der Waals surface area contributed by atoms with Gasteiger partial charge in [-0.25, -0.2) is 0 Å². The Bertz CT molecular complexity index is 1260. The second-order valence-corrected chi connectivity index (χ2v) is 8.47. The van der Waals surface area contributed by atoms with Gasteiger partial charge in [-0.2, -0.15) is 0 Å². The molecule has 4 aromatic rings. The number of hydrogen-bond acceptors (Lipinski definition) is 5. The Morgan fingerprint density at radius 2 is 1.79 bits per heavy atom. The number of aromatic hydroxyl groups is 1. The van der Waals surface area contributed by atoms with E-state index >= 15 is 0 Å². The summed E-state index contributed by atoms with van der Waals surface area (Å²) in [5.41, 5.74) is 3.60. The highest BCUT2D eigenvalue weighted by Gasteiger charge is 2.21. The van der Waals surface area contributed by atoms with Gasteiger partial charge in [-0.3, -0.25) is 9.69 Å². The van der Waals surface area contributed by atoms with E-state index in [1.807, 2.05) is 48.5 Å². The number of likely N-dealkylation sites (tertiary alicyclic amines) is 1. The maximum Gasteiger partial charge on any atom is 0.150 e. The number of carbonyl (C=O) groups is 1. The number of fused-ring (bicyclic) bond motifs is 1. The van der Waals surface area contributed by atoms with Gasteiger partial charge in [0.2, 0.25) is 0 Å².